The van der Waals surface area contributed by atoms with Gasteiger partial charge < -0.3 is 15.5 Å². The number of fused-ring (bicyclic) bond motifs is 1. The average molecular weight is 506 g/mol. The molecule has 1 fully saturated rings. The van der Waals surface area contributed by atoms with E-state index in [1.165, 1.54) is 24.5 Å². The summed E-state index contributed by atoms with van der Waals surface area (Å²) in [4.78, 5) is 22.7. The smallest absolute Gasteiger partial charge is 0.245 e. The molecule has 10 heteroatoms. The molecule has 0 atom stereocenters. The van der Waals surface area contributed by atoms with E-state index in [9.17, 15) is 9.18 Å². The number of benzene rings is 2. The minimum atomic E-state index is -0.483. The van der Waals surface area contributed by atoms with Crippen molar-refractivity contribution < 1.29 is 9.18 Å². The van der Waals surface area contributed by atoms with Crippen LogP contribution in [0.1, 0.15) is 12.8 Å². The Bertz CT molecular complexity index is 1450. The Kier molecular flexibility index (Phi) is 6.56. The topological polar surface area (TPSA) is 88.0 Å². The first-order chi connectivity index (χ1) is 17.4. The predicted molar refractivity (Wildman–Crippen MR) is 140 cm³/mol. The van der Waals surface area contributed by atoms with Crippen LogP contribution in [-0.2, 0) is 11.8 Å². The van der Waals surface area contributed by atoms with Crippen molar-refractivity contribution in [3.63, 3.8) is 0 Å². The van der Waals surface area contributed by atoms with Crippen LogP contribution in [0.15, 0.2) is 61.7 Å². The van der Waals surface area contributed by atoms with Gasteiger partial charge >= 0.3 is 0 Å². The third kappa shape index (κ3) is 4.87. The zero-order valence-electron chi connectivity index (χ0n) is 19.7. The van der Waals surface area contributed by atoms with Crippen molar-refractivity contribution in [3.05, 3.63) is 72.5 Å². The van der Waals surface area contributed by atoms with Crippen molar-refractivity contribution >= 4 is 45.6 Å². The maximum Gasteiger partial charge on any atom is 0.245 e. The highest BCUT2D eigenvalue weighted by molar-refractivity contribution is 6.31. The molecule has 8 nitrogen and oxygen atoms in total. The van der Waals surface area contributed by atoms with Crippen molar-refractivity contribution in [2.24, 2.45) is 7.05 Å². The van der Waals surface area contributed by atoms with E-state index in [0.29, 0.717) is 24.6 Å². The molecule has 0 unspecified atom stereocenters. The van der Waals surface area contributed by atoms with Crippen LogP contribution in [0.25, 0.3) is 22.0 Å². The molecule has 0 saturated carbocycles. The number of hydrogen-bond donors (Lipinski definition) is 2. The van der Waals surface area contributed by atoms with E-state index in [2.05, 4.69) is 32.3 Å². The fraction of sp³-hybridized carbons (Fsp3) is 0.231. The number of aryl methyl sites for hydroxylation is 1. The van der Waals surface area contributed by atoms with Crippen molar-refractivity contribution in [1.82, 2.24) is 24.6 Å². The van der Waals surface area contributed by atoms with Gasteiger partial charge in [-0.3, -0.25) is 9.48 Å². The number of aromatic nitrogens is 4. The molecule has 0 spiro atoms. The van der Waals surface area contributed by atoms with Gasteiger partial charge in [-0.15, -0.1) is 0 Å². The molecule has 2 N–H and O–H groups in total. The van der Waals surface area contributed by atoms with E-state index < -0.39 is 5.82 Å². The molecular weight excluding hydrogens is 481 g/mol. The average Bonchev–Trinajstić information content (AvgIpc) is 3.32. The summed E-state index contributed by atoms with van der Waals surface area (Å²) >= 11 is 5.97. The lowest BCUT2D eigenvalue weighted by molar-refractivity contribution is -0.126. The summed E-state index contributed by atoms with van der Waals surface area (Å²) < 4.78 is 15.4. The molecule has 2 aromatic heterocycles. The van der Waals surface area contributed by atoms with Crippen LogP contribution in [0.3, 0.4) is 0 Å². The highest BCUT2D eigenvalue weighted by atomic mass is 35.5. The van der Waals surface area contributed by atoms with Crippen LogP contribution in [0.5, 0.6) is 0 Å². The van der Waals surface area contributed by atoms with Gasteiger partial charge in [0, 0.05) is 60.3 Å². The zero-order chi connectivity index (χ0) is 25.2. The first-order valence-corrected chi connectivity index (χ1v) is 12.0. The standard InChI is InChI=1S/C26H25ClFN7O/c1-3-25(36)35-8-6-17(7-9-35)32-24-12-20-23(11-19(24)16-13-31-34(2)14-16)29-15-30-26(20)33-18-4-5-22(28)21(27)10-18/h3-5,10-15,17,32H,1,6-9H2,2H3,(H,29,30,33). The largest absolute Gasteiger partial charge is 0.382 e. The van der Waals surface area contributed by atoms with Crippen LogP contribution in [-0.4, -0.2) is 49.7 Å². The summed E-state index contributed by atoms with van der Waals surface area (Å²) in [5.74, 6) is 0.0574. The number of hydrogen-bond acceptors (Lipinski definition) is 6. The monoisotopic (exact) mass is 505 g/mol. The molecule has 3 heterocycles. The van der Waals surface area contributed by atoms with Crippen LogP contribution < -0.4 is 10.6 Å². The number of carbonyl (C=O) groups excluding carboxylic acids is 1. The zero-order valence-corrected chi connectivity index (χ0v) is 20.5. The van der Waals surface area contributed by atoms with Crippen LogP contribution >= 0.6 is 11.6 Å². The van der Waals surface area contributed by atoms with Gasteiger partial charge in [0.15, 0.2) is 0 Å². The summed E-state index contributed by atoms with van der Waals surface area (Å²) in [5.41, 5.74) is 4.20. The second kappa shape index (κ2) is 9.94. The Morgan fingerprint density at radius 2 is 2.03 bits per heavy atom. The molecule has 1 aliphatic rings. The summed E-state index contributed by atoms with van der Waals surface area (Å²) in [6, 6.07) is 8.65. The van der Waals surface area contributed by atoms with Gasteiger partial charge in [0.25, 0.3) is 0 Å². The summed E-state index contributed by atoms with van der Waals surface area (Å²) in [6.07, 6.45) is 8.25. The van der Waals surface area contributed by atoms with Gasteiger partial charge in [0.05, 0.1) is 16.7 Å². The van der Waals surface area contributed by atoms with Crippen molar-refractivity contribution in [1.29, 1.82) is 0 Å². The number of anilines is 3. The second-order valence-electron chi connectivity index (χ2n) is 8.74. The van der Waals surface area contributed by atoms with E-state index >= 15 is 0 Å². The minimum Gasteiger partial charge on any atom is -0.382 e. The molecule has 184 valence electrons. The molecule has 1 saturated heterocycles. The highest BCUT2D eigenvalue weighted by Crippen LogP contribution is 2.36. The molecule has 0 radical (unpaired) electrons. The molecule has 4 aromatic rings. The van der Waals surface area contributed by atoms with E-state index in [4.69, 9.17) is 11.6 Å². The number of piperidine rings is 1. The summed E-state index contributed by atoms with van der Waals surface area (Å²) in [5, 5.41) is 12.1. The Hall–Kier alpha value is -3.98. The van der Waals surface area contributed by atoms with Gasteiger partial charge in [-0.2, -0.15) is 5.10 Å². The minimum absolute atomic E-state index is 0.0286. The van der Waals surface area contributed by atoms with Crippen molar-refractivity contribution in [3.8, 4) is 11.1 Å². The van der Waals surface area contributed by atoms with Crippen LogP contribution in [0, 0.1) is 5.82 Å². The summed E-state index contributed by atoms with van der Waals surface area (Å²) in [7, 11) is 1.88. The molecule has 0 aliphatic carbocycles. The third-order valence-electron chi connectivity index (χ3n) is 6.31. The van der Waals surface area contributed by atoms with E-state index in [0.717, 1.165) is 40.6 Å². The number of nitrogens with one attached hydrogen (secondary N) is 2. The fourth-order valence-corrected chi connectivity index (χ4v) is 4.61. The Balaban J connectivity index is 1.51. The Morgan fingerprint density at radius 3 is 2.72 bits per heavy atom. The van der Waals surface area contributed by atoms with Gasteiger partial charge in [-0.1, -0.05) is 18.2 Å². The number of halogens is 2. The number of amides is 1. The highest BCUT2D eigenvalue weighted by Gasteiger charge is 2.23. The third-order valence-corrected chi connectivity index (χ3v) is 6.60. The Morgan fingerprint density at radius 1 is 1.22 bits per heavy atom. The number of rotatable bonds is 6. The van der Waals surface area contributed by atoms with Crippen molar-refractivity contribution in [2.45, 2.75) is 18.9 Å². The molecular formula is C26H25ClFN7O. The van der Waals surface area contributed by atoms with Gasteiger partial charge in [-0.05, 0) is 49.2 Å². The van der Waals surface area contributed by atoms with Crippen LogP contribution in [0.4, 0.5) is 21.6 Å². The number of likely N-dealkylation sites (tertiary alicyclic amines) is 1. The first-order valence-electron chi connectivity index (χ1n) is 11.6. The van der Waals surface area contributed by atoms with Gasteiger partial charge in [0.2, 0.25) is 5.91 Å². The maximum absolute atomic E-state index is 13.6. The molecule has 2 aromatic carbocycles. The normalized spacial score (nSPS) is 14.1. The molecule has 5 rings (SSSR count). The lowest BCUT2D eigenvalue weighted by Gasteiger charge is -2.32. The molecule has 36 heavy (non-hydrogen) atoms. The van der Waals surface area contributed by atoms with E-state index in [-0.39, 0.29) is 17.0 Å². The SMILES string of the molecule is C=CC(=O)N1CCC(Nc2cc3c(Nc4ccc(F)c(Cl)c4)ncnc3cc2-c2cnn(C)c2)CC1. The van der Waals surface area contributed by atoms with Crippen LogP contribution in [0.2, 0.25) is 5.02 Å². The lowest BCUT2D eigenvalue weighted by atomic mass is 10.0. The quantitative estimate of drug-likeness (QED) is 0.352. The first kappa shape index (κ1) is 23.7. The van der Waals surface area contributed by atoms with E-state index in [1.54, 1.807) is 10.7 Å². The lowest BCUT2D eigenvalue weighted by Crippen LogP contribution is -2.41. The van der Waals surface area contributed by atoms with E-state index in [1.807, 2.05) is 36.5 Å². The Labute approximate surface area is 212 Å². The number of carbonyl (C=O) groups is 1. The molecule has 1 aliphatic heterocycles. The van der Waals surface area contributed by atoms with Crippen molar-refractivity contribution in [2.75, 3.05) is 23.7 Å². The predicted octanol–water partition coefficient (Wildman–Crippen LogP) is 5.16. The fourth-order valence-electron chi connectivity index (χ4n) is 4.43. The second-order valence-corrected chi connectivity index (χ2v) is 9.15. The summed E-state index contributed by atoms with van der Waals surface area (Å²) in [6.45, 7) is 4.92. The molecule has 1 amide bonds. The van der Waals surface area contributed by atoms with Gasteiger partial charge in [0.1, 0.15) is 18.0 Å². The van der Waals surface area contributed by atoms with Gasteiger partial charge in [-0.25, -0.2) is 14.4 Å². The maximum atomic E-state index is 13.6. The number of nitrogens with zero attached hydrogens (tertiary/aromatic N) is 5. The molecule has 0 bridgehead atoms.